The van der Waals surface area contributed by atoms with Gasteiger partial charge >= 0.3 is 0 Å². The van der Waals surface area contributed by atoms with Gasteiger partial charge in [-0.3, -0.25) is 0 Å². The molecule has 0 spiro atoms. The first-order valence-electron chi connectivity index (χ1n) is 24.0. The van der Waals surface area contributed by atoms with Crippen molar-refractivity contribution in [2.45, 2.75) is 226 Å². The standard InChI is InChI=1S/C50H80N2S6/c1-3-5-7-9-11-13-15-17-19-21-23-25-27-29-35-43(55-49-51-45-37-31-33-39-47(45)57-49)41-53-54-42-44(56-50-52-46-38-32-34-40-48(46)58-50)36-30-28-26-24-22-20-18-16-14-12-10-8-6-4-2/h31-34,37-40,43-44H,3-30,35-36,41-42H2,1-2H3. The highest BCUT2D eigenvalue weighted by Crippen LogP contribution is 2.40. The van der Waals surface area contributed by atoms with Gasteiger partial charge in [0, 0.05) is 22.0 Å². The molecule has 0 bridgehead atoms. The van der Waals surface area contributed by atoms with Gasteiger partial charge in [0.15, 0.2) is 8.68 Å². The molecule has 0 aliphatic heterocycles. The summed E-state index contributed by atoms with van der Waals surface area (Å²) in [6.07, 6.45) is 42.4. The molecule has 0 amide bonds. The average Bonchev–Trinajstić information content (AvgIpc) is 3.85. The van der Waals surface area contributed by atoms with Gasteiger partial charge in [0.1, 0.15) is 0 Å². The zero-order valence-electron chi connectivity index (χ0n) is 36.7. The molecule has 2 nitrogen and oxygen atoms in total. The number of unbranched alkanes of at least 4 members (excludes halogenated alkanes) is 26. The van der Waals surface area contributed by atoms with Gasteiger partial charge in [-0.1, -0.05) is 263 Å². The lowest BCUT2D eigenvalue weighted by Gasteiger charge is -2.17. The Balaban J connectivity index is 1.15. The van der Waals surface area contributed by atoms with Gasteiger partial charge in [0.25, 0.3) is 0 Å². The number of aromatic nitrogens is 2. The number of hydrogen-bond donors (Lipinski definition) is 0. The zero-order valence-corrected chi connectivity index (χ0v) is 41.6. The third-order valence-electron chi connectivity index (χ3n) is 11.4. The Bertz CT molecular complexity index is 1360. The number of thiazole rings is 2. The van der Waals surface area contributed by atoms with E-state index in [0.717, 1.165) is 11.0 Å². The Labute approximate surface area is 381 Å². The highest BCUT2D eigenvalue weighted by molar-refractivity contribution is 8.76. The molecular formula is C50H80N2S6. The minimum absolute atomic E-state index is 0.622. The van der Waals surface area contributed by atoms with E-state index in [2.05, 4.69) is 107 Å². The molecule has 326 valence electrons. The van der Waals surface area contributed by atoms with Crippen molar-refractivity contribution in [3.63, 3.8) is 0 Å². The van der Waals surface area contributed by atoms with Crippen LogP contribution in [0.15, 0.2) is 57.2 Å². The van der Waals surface area contributed by atoms with Crippen LogP contribution in [0.4, 0.5) is 0 Å². The minimum atomic E-state index is 0.622. The van der Waals surface area contributed by atoms with Crippen molar-refractivity contribution in [2.24, 2.45) is 0 Å². The highest BCUT2D eigenvalue weighted by atomic mass is 33.1. The molecule has 0 saturated heterocycles. The van der Waals surface area contributed by atoms with Crippen molar-refractivity contribution in [3.05, 3.63) is 48.5 Å². The van der Waals surface area contributed by atoms with Gasteiger partial charge in [-0.25, -0.2) is 9.97 Å². The number of rotatable bonds is 39. The SMILES string of the molecule is CCCCCCCCCCCCCCCCC(CSSCC(CCCCCCCCCCCCCCCC)Sc1nc2ccccc2s1)Sc1nc2ccccc2s1. The van der Waals surface area contributed by atoms with Crippen molar-refractivity contribution < 1.29 is 0 Å². The third-order valence-corrected chi connectivity index (χ3v) is 19.2. The van der Waals surface area contributed by atoms with Crippen LogP contribution in [0.2, 0.25) is 0 Å². The Hall–Kier alpha value is -0.380. The lowest BCUT2D eigenvalue weighted by Crippen LogP contribution is -2.08. The number of thioether (sulfide) groups is 2. The quantitative estimate of drug-likeness (QED) is 0.0251. The lowest BCUT2D eigenvalue weighted by molar-refractivity contribution is 0.532. The van der Waals surface area contributed by atoms with Gasteiger partial charge in [-0.05, 0) is 37.1 Å². The van der Waals surface area contributed by atoms with Crippen molar-refractivity contribution in [1.82, 2.24) is 9.97 Å². The van der Waals surface area contributed by atoms with E-state index in [1.54, 1.807) is 0 Å². The van der Waals surface area contributed by atoms with Gasteiger partial charge in [-0.15, -0.1) is 22.7 Å². The Morgan fingerprint density at radius 3 is 1.00 bits per heavy atom. The summed E-state index contributed by atoms with van der Waals surface area (Å²) in [5.41, 5.74) is 2.32. The zero-order chi connectivity index (χ0) is 40.6. The first-order valence-corrected chi connectivity index (χ1v) is 29.9. The van der Waals surface area contributed by atoms with Crippen molar-refractivity contribution >= 4 is 88.2 Å². The minimum Gasteiger partial charge on any atom is -0.230 e. The maximum atomic E-state index is 5.04. The summed E-state index contributed by atoms with van der Waals surface area (Å²) >= 11 is 7.88. The van der Waals surface area contributed by atoms with Gasteiger partial charge < -0.3 is 0 Å². The summed E-state index contributed by atoms with van der Waals surface area (Å²) in [5.74, 6) is 2.39. The molecule has 2 unspecified atom stereocenters. The van der Waals surface area contributed by atoms with Crippen LogP contribution in [-0.2, 0) is 0 Å². The second-order valence-electron chi connectivity index (χ2n) is 16.7. The van der Waals surface area contributed by atoms with Crippen molar-refractivity contribution in [3.8, 4) is 0 Å². The van der Waals surface area contributed by atoms with Crippen LogP contribution in [-0.4, -0.2) is 32.0 Å². The number of para-hydroxylation sites is 2. The molecule has 4 rings (SSSR count). The molecule has 0 radical (unpaired) electrons. The maximum Gasteiger partial charge on any atom is 0.151 e. The van der Waals surface area contributed by atoms with Gasteiger partial charge in [-0.2, -0.15) is 0 Å². The average molecular weight is 902 g/mol. The molecule has 2 aromatic heterocycles. The molecule has 2 aromatic carbocycles. The lowest BCUT2D eigenvalue weighted by atomic mass is 10.0. The smallest absolute Gasteiger partial charge is 0.151 e. The van der Waals surface area contributed by atoms with E-state index < -0.39 is 0 Å². The van der Waals surface area contributed by atoms with Crippen LogP contribution < -0.4 is 0 Å². The summed E-state index contributed by atoms with van der Waals surface area (Å²) < 4.78 is 5.15. The molecule has 0 aliphatic carbocycles. The van der Waals surface area contributed by atoms with Gasteiger partial charge in [0.2, 0.25) is 0 Å². The molecule has 4 aromatic rings. The van der Waals surface area contributed by atoms with E-state index in [4.69, 9.17) is 9.97 Å². The molecule has 2 atom stereocenters. The van der Waals surface area contributed by atoms with Crippen molar-refractivity contribution in [1.29, 1.82) is 0 Å². The summed E-state index contributed by atoms with van der Waals surface area (Å²) in [6, 6.07) is 17.3. The number of nitrogens with zero attached hydrogens (tertiary/aromatic N) is 2. The summed E-state index contributed by atoms with van der Waals surface area (Å²) in [4.78, 5) is 10.1. The fourth-order valence-corrected chi connectivity index (χ4v) is 16.3. The topological polar surface area (TPSA) is 25.8 Å². The van der Waals surface area contributed by atoms with E-state index in [-0.39, 0.29) is 0 Å². The maximum absolute atomic E-state index is 5.04. The van der Waals surface area contributed by atoms with Crippen molar-refractivity contribution in [2.75, 3.05) is 11.5 Å². The predicted octanol–water partition coefficient (Wildman–Crippen LogP) is 19.7. The second kappa shape index (κ2) is 34.1. The fourth-order valence-electron chi connectivity index (χ4n) is 7.82. The Morgan fingerprint density at radius 1 is 0.397 bits per heavy atom. The predicted molar refractivity (Wildman–Crippen MR) is 273 cm³/mol. The number of benzene rings is 2. The van der Waals surface area contributed by atoms with E-state index in [1.165, 1.54) is 222 Å². The van der Waals surface area contributed by atoms with Crippen LogP contribution >= 0.6 is 67.8 Å². The van der Waals surface area contributed by atoms with E-state index in [0.29, 0.717) is 10.5 Å². The molecule has 0 aliphatic rings. The molecule has 2 heterocycles. The van der Waals surface area contributed by atoms with Crippen LogP contribution in [0.25, 0.3) is 20.4 Å². The Morgan fingerprint density at radius 2 is 0.690 bits per heavy atom. The van der Waals surface area contributed by atoms with Crippen LogP contribution in [0.5, 0.6) is 0 Å². The normalized spacial score (nSPS) is 12.9. The molecule has 0 N–H and O–H groups in total. The molecule has 58 heavy (non-hydrogen) atoms. The van der Waals surface area contributed by atoms with Crippen LogP contribution in [0.3, 0.4) is 0 Å². The van der Waals surface area contributed by atoms with Crippen LogP contribution in [0, 0.1) is 0 Å². The first-order chi connectivity index (χ1) is 28.7. The molecule has 0 saturated carbocycles. The molecule has 0 fully saturated rings. The molecule has 8 heteroatoms. The fraction of sp³-hybridized carbons (Fsp3) is 0.720. The summed E-state index contributed by atoms with van der Waals surface area (Å²) in [5, 5.41) is 1.24. The second-order valence-corrected chi connectivity index (χ2v) is 24.4. The van der Waals surface area contributed by atoms with Gasteiger partial charge in [0.05, 0.1) is 20.4 Å². The summed E-state index contributed by atoms with van der Waals surface area (Å²) in [7, 11) is 4.25. The summed E-state index contributed by atoms with van der Waals surface area (Å²) in [6.45, 7) is 4.62. The third kappa shape index (κ3) is 23.2. The largest absolute Gasteiger partial charge is 0.230 e. The number of hydrogen-bond acceptors (Lipinski definition) is 8. The number of fused-ring (bicyclic) bond motifs is 2. The highest BCUT2D eigenvalue weighted by Gasteiger charge is 2.18. The van der Waals surface area contributed by atoms with E-state index in [9.17, 15) is 0 Å². The first kappa shape index (κ1) is 50.3. The Kier molecular flexibility index (Phi) is 29.6. The van der Waals surface area contributed by atoms with Crippen LogP contribution in [0.1, 0.15) is 206 Å². The van der Waals surface area contributed by atoms with E-state index in [1.807, 2.05) is 22.7 Å². The monoisotopic (exact) mass is 900 g/mol. The molecular weight excluding hydrogens is 821 g/mol. The van der Waals surface area contributed by atoms with E-state index >= 15 is 0 Å².